The van der Waals surface area contributed by atoms with Gasteiger partial charge in [0.2, 0.25) is 0 Å². The van der Waals surface area contributed by atoms with Crippen molar-refractivity contribution in [1.82, 2.24) is 0 Å². The lowest BCUT2D eigenvalue weighted by Crippen LogP contribution is -2.41. The molecule has 0 amide bonds. The first-order chi connectivity index (χ1) is 11.7. The van der Waals surface area contributed by atoms with Gasteiger partial charge in [-0.1, -0.05) is 46.3 Å². The molecule has 3 heteroatoms. The van der Waals surface area contributed by atoms with Crippen molar-refractivity contribution in [2.24, 2.45) is 22.7 Å². The third-order valence-electron chi connectivity index (χ3n) is 6.45. The van der Waals surface area contributed by atoms with Crippen molar-refractivity contribution >= 4 is 11.8 Å². The number of hydrogen-bond donors (Lipinski definition) is 0. The maximum Gasteiger partial charge on any atom is 0.302 e. The minimum absolute atomic E-state index is 0.115. The van der Waals surface area contributed by atoms with Gasteiger partial charge in [-0.05, 0) is 53.9 Å². The Bertz CT molecular complexity index is 692. The third-order valence-corrected chi connectivity index (χ3v) is 6.45. The van der Waals surface area contributed by atoms with Crippen molar-refractivity contribution in [3.8, 4) is 0 Å². The van der Waals surface area contributed by atoms with E-state index in [9.17, 15) is 9.59 Å². The standard InChI is InChI=1S/C22H30O3/c1-6-19-17-8-7-15-11-20(24)21(3,4)12-18(15)16(17)9-10-22(19,5)13-25-14(2)23/h9-11,17,19H,6-8,12-13H2,1-5H3/t17-,19+,22-/m1/s1. The smallest absolute Gasteiger partial charge is 0.302 e. The van der Waals surface area contributed by atoms with E-state index in [0.29, 0.717) is 18.4 Å². The quantitative estimate of drug-likeness (QED) is 0.693. The van der Waals surface area contributed by atoms with Gasteiger partial charge < -0.3 is 4.74 Å². The molecular formula is C22H30O3. The molecule has 0 saturated heterocycles. The average molecular weight is 342 g/mol. The molecule has 0 bridgehead atoms. The van der Waals surface area contributed by atoms with Crippen molar-refractivity contribution in [3.05, 3.63) is 34.9 Å². The zero-order chi connectivity index (χ0) is 18.4. The Hall–Kier alpha value is -1.64. The molecule has 3 aliphatic rings. The minimum atomic E-state index is -0.304. The molecule has 0 unspecified atom stereocenters. The maximum atomic E-state index is 12.3. The predicted molar refractivity (Wildman–Crippen MR) is 98.9 cm³/mol. The van der Waals surface area contributed by atoms with Gasteiger partial charge in [-0.25, -0.2) is 0 Å². The molecule has 0 aromatic heterocycles. The molecule has 0 aromatic carbocycles. The normalized spacial score (nSPS) is 33.5. The van der Waals surface area contributed by atoms with Gasteiger partial charge in [0.25, 0.3) is 0 Å². The second-order valence-electron chi connectivity index (χ2n) is 8.81. The molecule has 0 spiro atoms. The van der Waals surface area contributed by atoms with Crippen molar-refractivity contribution in [1.29, 1.82) is 0 Å². The maximum absolute atomic E-state index is 12.3. The second kappa shape index (κ2) is 6.26. The highest BCUT2D eigenvalue weighted by molar-refractivity contribution is 5.97. The summed E-state index contributed by atoms with van der Waals surface area (Å²) in [6.45, 7) is 10.5. The zero-order valence-corrected chi connectivity index (χ0v) is 16.1. The molecule has 0 N–H and O–H groups in total. The summed E-state index contributed by atoms with van der Waals surface area (Å²) in [6, 6.07) is 0. The fourth-order valence-electron chi connectivity index (χ4n) is 4.95. The Morgan fingerprint density at radius 3 is 2.68 bits per heavy atom. The van der Waals surface area contributed by atoms with Crippen LogP contribution >= 0.6 is 0 Å². The first-order valence-corrected chi connectivity index (χ1v) is 9.49. The van der Waals surface area contributed by atoms with Crippen LogP contribution in [0.1, 0.15) is 60.3 Å². The van der Waals surface area contributed by atoms with E-state index in [1.54, 1.807) is 0 Å². The molecule has 25 heavy (non-hydrogen) atoms. The fourth-order valence-corrected chi connectivity index (χ4v) is 4.95. The van der Waals surface area contributed by atoms with Crippen molar-refractivity contribution in [2.45, 2.75) is 60.3 Å². The van der Waals surface area contributed by atoms with Crippen molar-refractivity contribution in [3.63, 3.8) is 0 Å². The molecule has 0 aliphatic heterocycles. The zero-order valence-electron chi connectivity index (χ0n) is 16.1. The van der Waals surface area contributed by atoms with Crippen LogP contribution in [0, 0.1) is 22.7 Å². The summed E-state index contributed by atoms with van der Waals surface area (Å²) in [5.74, 6) is 1.00. The highest BCUT2D eigenvalue weighted by Gasteiger charge is 2.45. The van der Waals surface area contributed by atoms with Gasteiger partial charge in [0.05, 0.1) is 0 Å². The monoisotopic (exact) mass is 342 g/mol. The Balaban J connectivity index is 2.02. The molecule has 3 nitrogen and oxygen atoms in total. The Morgan fingerprint density at radius 1 is 1.32 bits per heavy atom. The molecule has 3 rings (SSSR count). The second-order valence-corrected chi connectivity index (χ2v) is 8.81. The van der Waals surface area contributed by atoms with Crippen LogP contribution in [0.15, 0.2) is 34.9 Å². The van der Waals surface area contributed by atoms with Gasteiger partial charge >= 0.3 is 5.97 Å². The number of hydrogen-bond acceptors (Lipinski definition) is 3. The Morgan fingerprint density at radius 2 is 2.04 bits per heavy atom. The fraction of sp³-hybridized carbons (Fsp3) is 0.636. The SMILES string of the molecule is CC[C@H]1[C@@H]2CCC3=CC(=O)C(C)(C)CC3=C2C=C[C@]1(C)COC(C)=O. The van der Waals surface area contributed by atoms with E-state index in [-0.39, 0.29) is 22.6 Å². The van der Waals surface area contributed by atoms with Gasteiger partial charge in [0.1, 0.15) is 6.61 Å². The van der Waals surface area contributed by atoms with Crippen molar-refractivity contribution in [2.75, 3.05) is 6.61 Å². The molecular weight excluding hydrogens is 312 g/mol. The Labute approximate surface area is 151 Å². The summed E-state index contributed by atoms with van der Waals surface area (Å²) in [7, 11) is 0. The lowest BCUT2D eigenvalue weighted by molar-refractivity contribution is -0.144. The van der Waals surface area contributed by atoms with Gasteiger partial charge in [-0.3, -0.25) is 9.59 Å². The molecule has 136 valence electrons. The first kappa shape index (κ1) is 18.2. The summed E-state index contributed by atoms with van der Waals surface area (Å²) >= 11 is 0. The van der Waals surface area contributed by atoms with E-state index >= 15 is 0 Å². The summed E-state index contributed by atoms with van der Waals surface area (Å²) in [5.41, 5.74) is 3.65. The molecule has 0 heterocycles. The third kappa shape index (κ3) is 3.14. The highest BCUT2D eigenvalue weighted by atomic mass is 16.5. The largest absolute Gasteiger partial charge is 0.465 e. The van der Waals surface area contributed by atoms with Crippen LogP contribution in [-0.4, -0.2) is 18.4 Å². The predicted octanol–water partition coefficient (Wildman–Crippen LogP) is 4.78. The van der Waals surface area contributed by atoms with E-state index in [2.05, 4.69) is 39.8 Å². The summed E-state index contributed by atoms with van der Waals surface area (Å²) in [4.78, 5) is 23.6. The van der Waals surface area contributed by atoms with Gasteiger partial charge in [0.15, 0.2) is 5.78 Å². The minimum Gasteiger partial charge on any atom is -0.465 e. The van der Waals surface area contributed by atoms with E-state index in [0.717, 1.165) is 25.7 Å². The number of allylic oxidation sites excluding steroid dienone is 5. The summed E-state index contributed by atoms with van der Waals surface area (Å²) < 4.78 is 5.39. The number of rotatable bonds is 3. The van der Waals surface area contributed by atoms with Crippen LogP contribution in [0.5, 0.6) is 0 Å². The van der Waals surface area contributed by atoms with E-state index < -0.39 is 0 Å². The highest BCUT2D eigenvalue weighted by Crippen LogP contribution is 2.53. The van der Waals surface area contributed by atoms with Crippen LogP contribution in [0.2, 0.25) is 0 Å². The molecule has 3 aliphatic carbocycles. The first-order valence-electron chi connectivity index (χ1n) is 9.49. The molecule has 0 fully saturated rings. The number of carbonyl (C=O) groups is 2. The number of carbonyl (C=O) groups excluding carboxylic acids is 2. The molecule has 3 atom stereocenters. The van der Waals surface area contributed by atoms with E-state index in [4.69, 9.17) is 4.74 Å². The molecule has 0 aromatic rings. The van der Waals surface area contributed by atoms with Gasteiger partial charge in [-0.15, -0.1) is 0 Å². The van der Waals surface area contributed by atoms with Crippen molar-refractivity contribution < 1.29 is 14.3 Å². The number of ether oxygens (including phenoxy) is 1. The van der Waals surface area contributed by atoms with E-state index in [1.165, 1.54) is 23.6 Å². The average Bonchev–Trinajstić information content (AvgIpc) is 2.54. The van der Waals surface area contributed by atoms with Crippen LogP contribution < -0.4 is 0 Å². The lowest BCUT2D eigenvalue weighted by Gasteiger charge is -2.47. The number of fused-ring (bicyclic) bond motifs is 2. The molecule has 0 radical (unpaired) electrons. The van der Waals surface area contributed by atoms with Crippen LogP contribution in [0.4, 0.5) is 0 Å². The molecule has 0 saturated carbocycles. The van der Waals surface area contributed by atoms with Gasteiger partial charge in [0, 0.05) is 17.8 Å². The Kier molecular flexibility index (Phi) is 4.55. The van der Waals surface area contributed by atoms with E-state index in [1.807, 2.05) is 6.08 Å². The summed E-state index contributed by atoms with van der Waals surface area (Å²) in [5, 5.41) is 0. The lowest BCUT2D eigenvalue weighted by atomic mass is 9.58. The topological polar surface area (TPSA) is 43.4 Å². The van der Waals surface area contributed by atoms with Crippen LogP contribution in [0.3, 0.4) is 0 Å². The number of ketones is 1. The summed E-state index contributed by atoms with van der Waals surface area (Å²) in [6.07, 6.45) is 10.4. The van der Waals surface area contributed by atoms with Crippen LogP contribution in [-0.2, 0) is 14.3 Å². The number of esters is 1. The van der Waals surface area contributed by atoms with Crippen LogP contribution in [0.25, 0.3) is 0 Å². The van der Waals surface area contributed by atoms with Gasteiger partial charge in [-0.2, -0.15) is 0 Å².